The fourth-order valence-corrected chi connectivity index (χ4v) is 3.14. The molecule has 0 unspecified atom stereocenters. The molecule has 0 bridgehead atoms. The van der Waals surface area contributed by atoms with Crippen molar-refractivity contribution in [3.05, 3.63) is 64.2 Å². The van der Waals surface area contributed by atoms with Gasteiger partial charge in [-0.15, -0.1) is 0 Å². The molecule has 0 aromatic heterocycles. The summed E-state index contributed by atoms with van der Waals surface area (Å²) in [6.45, 7) is 9.72. The van der Waals surface area contributed by atoms with Gasteiger partial charge in [0, 0.05) is 18.8 Å². The first kappa shape index (κ1) is 20.7. The van der Waals surface area contributed by atoms with Crippen molar-refractivity contribution in [2.45, 2.75) is 40.7 Å². The minimum absolute atomic E-state index is 0.0146. The summed E-state index contributed by atoms with van der Waals surface area (Å²) >= 11 is 0. The van der Waals surface area contributed by atoms with Gasteiger partial charge in [0.25, 0.3) is 0 Å². The van der Waals surface area contributed by atoms with Crippen molar-refractivity contribution in [3.63, 3.8) is 0 Å². The Labute approximate surface area is 163 Å². The number of likely N-dealkylation sites (N-methyl/N-ethyl adjacent to an activating group) is 1. The number of carbonyl (C=O) groups is 1. The Morgan fingerprint density at radius 3 is 2.37 bits per heavy atom. The standard InChI is InChI=1S/C23H29N3O/c1-17-7-9-21(20(4)13-17)15-25(5)16-23(27)26(12-6-11-24)22-10-8-18(2)19(3)14-22/h7-10,13-14H,6,12,15-16H2,1-5H3. The van der Waals surface area contributed by atoms with Gasteiger partial charge in [-0.3, -0.25) is 9.69 Å². The van der Waals surface area contributed by atoms with Crippen LogP contribution in [-0.2, 0) is 11.3 Å². The Morgan fingerprint density at radius 1 is 1.00 bits per heavy atom. The third-order valence-corrected chi connectivity index (χ3v) is 4.89. The predicted molar refractivity (Wildman–Crippen MR) is 111 cm³/mol. The van der Waals surface area contributed by atoms with Gasteiger partial charge in [0.2, 0.25) is 5.91 Å². The number of aryl methyl sites for hydroxylation is 4. The molecule has 4 heteroatoms. The largest absolute Gasteiger partial charge is 0.310 e. The summed E-state index contributed by atoms with van der Waals surface area (Å²) in [5, 5.41) is 8.97. The zero-order chi connectivity index (χ0) is 20.0. The second-order valence-corrected chi connectivity index (χ2v) is 7.32. The van der Waals surface area contributed by atoms with E-state index in [1.54, 1.807) is 4.90 Å². The molecule has 4 nitrogen and oxygen atoms in total. The van der Waals surface area contributed by atoms with Crippen molar-refractivity contribution in [1.82, 2.24) is 4.90 Å². The maximum Gasteiger partial charge on any atom is 0.241 e. The Hall–Kier alpha value is -2.64. The second-order valence-electron chi connectivity index (χ2n) is 7.32. The number of anilines is 1. The van der Waals surface area contributed by atoms with Crippen LogP contribution in [0.3, 0.4) is 0 Å². The summed E-state index contributed by atoms with van der Waals surface area (Å²) in [5.41, 5.74) is 6.91. The van der Waals surface area contributed by atoms with Gasteiger partial charge >= 0.3 is 0 Å². The van der Waals surface area contributed by atoms with Crippen LogP contribution in [0.4, 0.5) is 5.69 Å². The second kappa shape index (κ2) is 9.34. The molecule has 142 valence electrons. The van der Waals surface area contributed by atoms with Crippen molar-refractivity contribution in [1.29, 1.82) is 5.26 Å². The molecule has 0 N–H and O–H groups in total. The average molecular weight is 364 g/mol. The number of hydrogen-bond donors (Lipinski definition) is 0. The highest BCUT2D eigenvalue weighted by molar-refractivity contribution is 5.95. The van der Waals surface area contributed by atoms with Crippen LogP contribution in [0.5, 0.6) is 0 Å². The molecule has 0 saturated heterocycles. The lowest BCUT2D eigenvalue weighted by atomic mass is 10.1. The molecule has 0 radical (unpaired) electrons. The average Bonchev–Trinajstić information content (AvgIpc) is 2.60. The zero-order valence-corrected chi connectivity index (χ0v) is 17.0. The van der Waals surface area contributed by atoms with Crippen LogP contribution < -0.4 is 4.90 Å². The fraction of sp³-hybridized carbons (Fsp3) is 0.391. The van der Waals surface area contributed by atoms with Crippen molar-refractivity contribution < 1.29 is 4.79 Å². The Morgan fingerprint density at radius 2 is 1.74 bits per heavy atom. The van der Waals surface area contributed by atoms with Gasteiger partial charge in [-0.2, -0.15) is 5.26 Å². The first-order valence-corrected chi connectivity index (χ1v) is 9.31. The van der Waals surface area contributed by atoms with E-state index >= 15 is 0 Å². The van der Waals surface area contributed by atoms with Crippen LogP contribution in [-0.4, -0.2) is 30.9 Å². The highest BCUT2D eigenvalue weighted by Crippen LogP contribution is 2.20. The normalized spacial score (nSPS) is 10.7. The highest BCUT2D eigenvalue weighted by Gasteiger charge is 2.18. The van der Waals surface area contributed by atoms with Crippen LogP contribution >= 0.6 is 0 Å². The summed E-state index contributed by atoms with van der Waals surface area (Å²) in [5.74, 6) is 0.0146. The first-order valence-electron chi connectivity index (χ1n) is 9.31. The summed E-state index contributed by atoms with van der Waals surface area (Å²) in [4.78, 5) is 16.7. The molecule has 0 heterocycles. The van der Waals surface area contributed by atoms with Crippen LogP contribution in [0.1, 0.15) is 34.2 Å². The number of carbonyl (C=O) groups excluding carboxylic acids is 1. The van der Waals surface area contributed by atoms with Crippen LogP contribution in [0.25, 0.3) is 0 Å². The van der Waals surface area contributed by atoms with E-state index < -0.39 is 0 Å². The molecule has 0 spiro atoms. The van der Waals surface area contributed by atoms with Gasteiger partial charge in [0.05, 0.1) is 19.0 Å². The lowest BCUT2D eigenvalue weighted by molar-refractivity contribution is -0.119. The van der Waals surface area contributed by atoms with Crippen LogP contribution in [0.15, 0.2) is 36.4 Å². The van der Waals surface area contributed by atoms with Crippen molar-refractivity contribution in [2.24, 2.45) is 0 Å². The predicted octanol–water partition coefficient (Wildman–Crippen LogP) is 4.30. The number of nitrogens with zero attached hydrogens (tertiary/aromatic N) is 3. The van der Waals surface area contributed by atoms with Crippen molar-refractivity contribution >= 4 is 11.6 Å². The van der Waals surface area contributed by atoms with E-state index in [4.69, 9.17) is 5.26 Å². The fourth-order valence-electron chi connectivity index (χ4n) is 3.14. The Bertz CT molecular complexity index is 851. The molecular formula is C23H29N3O. The summed E-state index contributed by atoms with van der Waals surface area (Å²) in [6.07, 6.45) is 0.319. The minimum atomic E-state index is 0.0146. The maximum absolute atomic E-state index is 13.0. The Balaban J connectivity index is 2.12. The number of amides is 1. The van der Waals surface area contributed by atoms with E-state index in [0.29, 0.717) is 19.5 Å². The lowest BCUT2D eigenvalue weighted by Crippen LogP contribution is -2.39. The SMILES string of the molecule is Cc1ccc(CN(C)CC(=O)N(CCC#N)c2ccc(C)c(C)c2)c(C)c1. The van der Waals surface area contributed by atoms with Crippen LogP contribution in [0.2, 0.25) is 0 Å². The van der Waals surface area contributed by atoms with E-state index in [9.17, 15) is 4.79 Å². The molecule has 27 heavy (non-hydrogen) atoms. The van der Waals surface area contributed by atoms with Gasteiger partial charge in [0.15, 0.2) is 0 Å². The Kier molecular flexibility index (Phi) is 7.15. The van der Waals surface area contributed by atoms with Crippen molar-refractivity contribution in [3.8, 4) is 6.07 Å². The third kappa shape index (κ3) is 5.67. The molecule has 0 aliphatic carbocycles. The van der Waals surface area contributed by atoms with E-state index in [1.165, 1.54) is 22.3 Å². The summed E-state index contributed by atoms with van der Waals surface area (Å²) in [7, 11) is 1.96. The number of rotatable bonds is 7. The number of benzene rings is 2. The number of hydrogen-bond acceptors (Lipinski definition) is 3. The summed E-state index contributed by atoms with van der Waals surface area (Å²) < 4.78 is 0. The minimum Gasteiger partial charge on any atom is -0.310 e. The quantitative estimate of drug-likeness (QED) is 0.737. The van der Waals surface area contributed by atoms with E-state index in [0.717, 1.165) is 17.8 Å². The van der Waals surface area contributed by atoms with E-state index in [1.807, 2.05) is 37.1 Å². The third-order valence-electron chi connectivity index (χ3n) is 4.89. The summed E-state index contributed by atoms with van der Waals surface area (Å²) in [6, 6.07) is 14.6. The smallest absolute Gasteiger partial charge is 0.241 e. The monoisotopic (exact) mass is 363 g/mol. The molecule has 0 saturated carbocycles. The van der Waals surface area contributed by atoms with Gasteiger partial charge in [-0.05, 0) is 69.1 Å². The number of nitriles is 1. The van der Waals surface area contributed by atoms with Gasteiger partial charge in [-0.1, -0.05) is 29.8 Å². The van der Waals surface area contributed by atoms with Crippen LogP contribution in [0, 0.1) is 39.0 Å². The molecule has 0 fully saturated rings. The zero-order valence-electron chi connectivity index (χ0n) is 17.0. The van der Waals surface area contributed by atoms with E-state index in [2.05, 4.69) is 45.0 Å². The van der Waals surface area contributed by atoms with Gasteiger partial charge in [-0.25, -0.2) is 0 Å². The molecule has 0 atom stereocenters. The van der Waals surface area contributed by atoms with Gasteiger partial charge in [0.1, 0.15) is 0 Å². The molecule has 1 amide bonds. The highest BCUT2D eigenvalue weighted by atomic mass is 16.2. The molecule has 0 aliphatic rings. The molecule has 2 aromatic rings. The topological polar surface area (TPSA) is 47.3 Å². The molecule has 0 aliphatic heterocycles. The van der Waals surface area contributed by atoms with E-state index in [-0.39, 0.29) is 5.91 Å². The first-order chi connectivity index (χ1) is 12.8. The molecule has 2 rings (SSSR count). The molecular weight excluding hydrogens is 334 g/mol. The maximum atomic E-state index is 13.0. The lowest BCUT2D eigenvalue weighted by Gasteiger charge is -2.26. The van der Waals surface area contributed by atoms with Gasteiger partial charge < -0.3 is 4.90 Å². The van der Waals surface area contributed by atoms with Crippen molar-refractivity contribution in [2.75, 3.05) is 25.0 Å². The molecule has 2 aromatic carbocycles.